The molecule has 0 bridgehead atoms. The van der Waals surface area contributed by atoms with Crippen LogP contribution in [0.4, 0.5) is 0 Å². The number of hydrogen-bond donors (Lipinski definition) is 0. The largest absolute Gasteiger partial charge is 0.436 e. The smallest absolute Gasteiger partial charge is 0.227 e. The molecule has 0 radical (unpaired) electrons. The van der Waals surface area contributed by atoms with Crippen LogP contribution in [0.2, 0.25) is 5.02 Å². The molecule has 3 heteroatoms. The number of fused-ring (bicyclic) bond motifs is 3. The maximum absolute atomic E-state index is 6.60. The Kier molecular flexibility index (Phi) is 6.88. The molecule has 0 N–H and O–H groups in total. The van der Waals surface area contributed by atoms with Gasteiger partial charge in [0.2, 0.25) is 5.89 Å². The molecule has 0 aliphatic heterocycles. The molecule has 2 nitrogen and oxygen atoms in total. The lowest BCUT2D eigenvalue weighted by atomic mass is 9.87. The third-order valence-electron chi connectivity index (χ3n) is 9.20. The van der Waals surface area contributed by atoms with Crippen molar-refractivity contribution in [1.82, 2.24) is 4.98 Å². The average molecular weight is 634 g/mol. The third kappa shape index (κ3) is 4.86. The number of oxazole rings is 1. The summed E-state index contributed by atoms with van der Waals surface area (Å²) in [5.41, 5.74) is 11.4. The maximum Gasteiger partial charge on any atom is 0.227 e. The Labute approximate surface area is 283 Å². The second-order valence-electron chi connectivity index (χ2n) is 12.0. The molecule has 0 aliphatic carbocycles. The van der Waals surface area contributed by atoms with Crippen molar-refractivity contribution in [3.05, 3.63) is 175 Å². The molecule has 0 saturated heterocycles. The Morgan fingerprint density at radius 2 is 0.875 bits per heavy atom. The zero-order valence-corrected chi connectivity index (χ0v) is 26.7. The van der Waals surface area contributed by atoms with Crippen molar-refractivity contribution < 1.29 is 4.42 Å². The lowest BCUT2D eigenvalue weighted by Gasteiger charge is -2.16. The minimum absolute atomic E-state index is 0.560. The zero-order chi connectivity index (χ0) is 32.0. The summed E-state index contributed by atoms with van der Waals surface area (Å²) in [5.74, 6) is 0.560. The van der Waals surface area contributed by atoms with Crippen LogP contribution >= 0.6 is 11.6 Å². The number of hydrogen-bond acceptors (Lipinski definition) is 2. The highest BCUT2D eigenvalue weighted by Crippen LogP contribution is 2.44. The third-order valence-corrected chi connectivity index (χ3v) is 9.45. The fraction of sp³-hybridized carbons (Fsp3) is 0. The van der Waals surface area contributed by atoms with Gasteiger partial charge in [-0.05, 0) is 96.9 Å². The van der Waals surface area contributed by atoms with Gasteiger partial charge < -0.3 is 4.42 Å². The fourth-order valence-electron chi connectivity index (χ4n) is 6.95. The minimum atomic E-state index is 0.560. The molecular weight excluding hydrogens is 606 g/mol. The van der Waals surface area contributed by atoms with Crippen molar-refractivity contribution in [2.45, 2.75) is 0 Å². The number of rotatable bonds is 5. The van der Waals surface area contributed by atoms with Gasteiger partial charge in [-0.15, -0.1) is 0 Å². The summed E-state index contributed by atoms with van der Waals surface area (Å²) in [5, 5.41) is 5.53. The van der Waals surface area contributed by atoms with Gasteiger partial charge in [-0.1, -0.05) is 145 Å². The fourth-order valence-corrected chi connectivity index (χ4v) is 7.08. The first-order valence-electron chi connectivity index (χ1n) is 16.1. The van der Waals surface area contributed by atoms with Crippen LogP contribution in [0.3, 0.4) is 0 Å². The normalized spacial score (nSPS) is 11.4. The first-order chi connectivity index (χ1) is 23.7. The van der Waals surface area contributed by atoms with E-state index in [1.807, 2.05) is 24.3 Å². The van der Waals surface area contributed by atoms with Gasteiger partial charge in [-0.25, -0.2) is 4.98 Å². The molecule has 9 aromatic rings. The van der Waals surface area contributed by atoms with Crippen LogP contribution in [0.1, 0.15) is 0 Å². The van der Waals surface area contributed by atoms with Gasteiger partial charge in [0.1, 0.15) is 5.52 Å². The summed E-state index contributed by atoms with van der Waals surface area (Å²) >= 11 is 6.24. The van der Waals surface area contributed by atoms with E-state index in [0.717, 1.165) is 44.5 Å². The Morgan fingerprint density at radius 3 is 1.50 bits per heavy atom. The molecule has 0 amide bonds. The first-order valence-corrected chi connectivity index (χ1v) is 16.4. The van der Waals surface area contributed by atoms with E-state index in [9.17, 15) is 0 Å². The lowest BCUT2D eigenvalue weighted by molar-refractivity contribution is 0.620. The van der Waals surface area contributed by atoms with Crippen molar-refractivity contribution >= 4 is 44.2 Å². The van der Waals surface area contributed by atoms with Gasteiger partial charge in [-0.2, -0.15) is 0 Å². The molecule has 9 rings (SSSR count). The van der Waals surface area contributed by atoms with Crippen molar-refractivity contribution in [3.8, 4) is 56.0 Å². The molecule has 0 spiro atoms. The Bertz CT molecular complexity index is 2620. The van der Waals surface area contributed by atoms with Crippen LogP contribution in [0.15, 0.2) is 174 Å². The van der Waals surface area contributed by atoms with E-state index in [4.69, 9.17) is 21.0 Å². The number of aromatic nitrogens is 1. The van der Waals surface area contributed by atoms with Crippen LogP contribution < -0.4 is 0 Å². The van der Waals surface area contributed by atoms with Gasteiger partial charge in [-0.3, -0.25) is 0 Å². The molecule has 0 unspecified atom stereocenters. The quantitative estimate of drug-likeness (QED) is 0.188. The molecule has 0 fully saturated rings. The standard InChI is InChI=1S/C45H28ClNO/c46-33-25-23-31(24-26-33)45-47-44-42(41-20-8-7-19-40(41)39-22-10-14-30-12-2-4-16-35(30)39)27-32(28-43(44)48-45)36-17-5-6-18-37(36)38-21-9-13-29-11-1-3-15-34(29)38/h1-28H. The van der Waals surface area contributed by atoms with E-state index in [1.165, 1.54) is 38.2 Å². The number of benzene rings is 8. The van der Waals surface area contributed by atoms with Gasteiger partial charge in [0.25, 0.3) is 0 Å². The van der Waals surface area contributed by atoms with Gasteiger partial charge in [0.05, 0.1) is 0 Å². The summed E-state index contributed by atoms with van der Waals surface area (Å²) in [7, 11) is 0. The lowest BCUT2D eigenvalue weighted by Crippen LogP contribution is -1.91. The highest BCUT2D eigenvalue weighted by Gasteiger charge is 2.20. The zero-order valence-electron chi connectivity index (χ0n) is 25.9. The van der Waals surface area contributed by atoms with E-state index in [1.54, 1.807) is 0 Å². The summed E-state index contributed by atoms with van der Waals surface area (Å²) in [4.78, 5) is 5.13. The van der Waals surface area contributed by atoms with Crippen molar-refractivity contribution in [1.29, 1.82) is 0 Å². The van der Waals surface area contributed by atoms with Gasteiger partial charge >= 0.3 is 0 Å². The van der Waals surface area contributed by atoms with Crippen LogP contribution in [-0.2, 0) is 0 Å². The molecule has 0 aliphatic rings. The molecule has 0 atom stereocenters. The molecule has 8 aromatic carbocycles. The summed E-state index contributed by atoms with van der Waals surface area (Å²) < 4.78 is 6.60. The van der Waals surface area contributed by atoms with Crippen LogP contribution in [0.5, 0.6) is 0 Å². The Morgan fingerprint density at radius 1 is 0.396 bits per heavy atom. The van der Waals surface area contributed by atoms with Crippen molar-refractivity contribution in [2.75, 3.05) is 0 Å². The van der Waals surface area contributed by atoms with E-state index in [0.29, 0.717) is 10.9 Å². The summed E-state index contributed by atoms with van der Waals surface area (Å²) in [6.45, 7) is 0. The Balaban J connectivity index is 1.32. The molecule has 48 heavy (non-hydrogen) atoms. The number of halogens is 1. The van der Waals surface area contributed by atoms with Crippen molar-refractivity contribution in [3.63, 3.8) is 0 Å². The number of nitrogens with zero attached hydrogens (tertiary/aromatic N) is 1. The SMILES string of the molecule is Clc1ccc(-c2nc3c(-c4ccccc4-c4cccc5ccccc45)cc(-c4ccccc4-c4cccc5ccccc45)cc3o2)cc1. The van der Waals surface area contributed by atoms with Crippen LogP contribution in [0, 0.1) is 0 Å². The van der Waals surface area contributed by atoms with E-state index in [2.05, 4.69) is 146 Å². The highest BCUT2D eigenvalue weighted by molar-refractivity contribution is 6.30. The molecular formula is C45H28ClNO. The summed E-state index contributed by atoms with van der Waals surface area (Å²) in [6, 6.07) is 59.5. The summed E-state index contributed by atoms with van der Waals surface area (Å²) in [6.07, 6.45) is 0. The van der Waals surface area contributed by atoms with E-state index < -0.39 is 0 Å². The second kappa shape index (κ2) is 11.7. The van der Waals surface area contributed by atoms with Crippen LogP contribution in [0.25, 0.3) is 88.6 Å². The van der Waals surface area contributed by atoms with Crippen LogP contribution in [-0.4, -0.2) is 4.98 Å². The average Bonchev–Trinajstić information content (AvgIpc) is 3.59. The monoisotopic (exact) mass is 633 g/mol. The molecule has 1 heterocycles. The van der Waals surface area contributed by atoms with E-state index in [-0.39, 0.29) is 0 Å². The topological polar surface area (TPSA) is 26.0 Å². The predicted molar refractivity (Wildman–Crippen MR) is 201 cm³/mol. The maximum atomic E-state index is 6.60. The van der Waals surface area contributed by atoms with Crippen molar-refractivity contribution in [2.24, 2.45) is 0 Å². The Hall–Kier alpha value is -5.96. The molecule has 1 aromatic heterocycles. The van der Waals surface area contributed by atoms with Gasteiger partial charge in [0, 0.05) is 16.1 Å². The predicted octanol–water partition coefficient (Wildman–Crippen LogP) is 13.1. The molecule has 226 valence electrons. The second-order valence-corrected chi connectivity index (χ2v) is 12.5. The highest BCUT2D eigenvalue weighted by atomic mass is 35.5. The minimum Gasteiger partial charge on any atom is -0.436 e. The van der Waals surface area contributed by atoms with Gasteiger partial charge in [0.15, 0.2) is 5.58 Å². The first kappa shape index (κ1) is 28.3. The molecule has 0 saturated carbocycles. The van der Waals surface area contributed by atoms with E-state index >= 15 is 0 Å².